The highest BCUT2D eigenvalue weighted by atomic mass is 32.2. The lowest BCUT2D eigenvalue weighted by Crippen LogP contribution is -2.59. The van der Waals surface area contributed by atoms with Crippen molar-refractivity contribution in [3.8, 4) is 0 Å². The Morgan fingerprint density at radius 2 is 1.49 bits per heavy atom. The molecule has 0 radical (unpaired) electrons. The van der Waals surface area contributed by atoms with E-state index < -0.39 is 10.0 Å². The summed E-state index contributed by atoms with van der Waals surface area (Å²) < 4.78 is 26.9. The minimum atomic E-state index is -3.12. The molecule has 5 aliphatic carbocycles. The molecule has 3 heterocycles. The van der Waals surface area contributed by atoms with E-state index in [-0.39, 0.29) is 11.3 Å². The van der Waals surface area contributed by atoms with Crippen molar-refractivity contribution in [2.24, 2.45) is 23.7 Å². The first kappa shape index (κ1) is 25.8. The fraction of sp³-hybridized carbons (Fsp3) is 0.613. The zero-order valence-corrected chi connectivity index (χ0v) is 24.4. The number of hydrogen-bond donors (Lipinski definition) is 1. The zero-order valence-electron chi connectivity index (χ0n) is 23.6. The summed E-state index contributed by atoms with van der Waals surface area (Å²) >= 11 is 0. The average Bonchev–Trinajstić information content (AvgIpc) is 3.85. The number of amides is 2. The minimum Gasteiger partial charge on any atom is -0.368 e. The van der Waals surface area contributed by atoms with Crippen LogP contribution in [0.3, 0.4) is 0 Å². The van der Waals surface area contributed by atoms with E-state index >= 15 is 0 Å². The molecule has 9 nitrogen and oxygen atoms in total. The fourth-order valence-corrected chi connectivity index (χ4v) is 10.5. The van der Waals surface area contributed by atoms with Gasteiger partial charge in [0.1, 0.15) is 5.82 Å². The van der Waals surface area contributed by atoms with Gasteiger partial charge in [0.25, 0.3) is 0 Å². The predicted octanol–water partition coefficient (Wildman–Crippen LogP) is 4.19. The first-order chi connectivity index (χ1) is 19.9. The van der Waals surface area contributed by atoms with Crippen molar-refractivity contribution in [3.63, 3.8) is 0 Å². The summed E-state index contributed by atoms with van der Waals surface area (Å²) in [5.74, 6) is 3.95. The van der Waals surface area contributed by atoms with E-state index in [4.69, 9.17) is 4.98 Å². The summed E-state index contributed by atoms with van der Waals surface area (Å²) in [6, 6.07) is 12.6. The maximum absolute atomic E-state index is 13.7. The molecular weight excluding hydrogens is 536 g/mol. The Kier molecular flexibility index (Phi) is 6.21. The third-order valence-electron chi connectivity index (χ3n) is 10.7. The highest BCUT2D eigenvalue weighted by Crippen LogP contribution is 2.53. The van der Waals surface area contributed by atoms with E-state index in [0.717, 1.165) is 47.6 Å². The normalized spacial score (nSPS) is 31.3. The van der Waals surface area contributed by atoms with Crippen molar-refractivity contribution < 1.29 is 13.2 Å². The molecule has 9 rings (SSSR count). The summed E-state index contributed by atoms with van der Waals surface area (Å²) in [5, 5.41) is 3.35. The molecule has 5 saturated carbocycles. The molecule has 4 bridgehead atoms. The Hall–Kier alpha value is -2.85. The molecule has 0 unspecified atom stereocenters. The highest BCUT2D eigenvalue weighted by Gasteiger charge is 2.49. The number of benzene rings is 1. The molecular formula is C31H40N6O3S. The van der Waals surface area contributed by atoms with Gasteiger partial charge < -0.3 is 15.1 Å². The molecule has 2 amide bonds. The molecule has 7 aliphatic rings. The zero-order chi connectivity index (χ0) is 27.7. The molecule has 41 heavy (non-hydrogen) atoms. The number of urea groups is 1. The molecule has 0 spiro atoms. The van der Waals surface area contributed by atoms with Gasteiger partial charge in [-0.2, -0.15) is 4.31 Å². The van der Waals surface area contributed by atoms with Crippen molar-refractivity contribution in [2.45, 2.75) is 56.2 Å². The Balaban J connectivity index is 0.948. The second-order valence-corrected chi connectivity index (χ2v) is 15.4. The number of pyridine rings is 1. The van der Waals surface area contributed by atoms with E-state index in [9.17, 15) is 13.2 Å². The molecule has 1 aromatic carbocycles. The van der Waals surface area contributed by atoms with Crippen molar-refractivity contribution in [1.29, 1.82) is 0 Å². The van der Waals surface area contributed by atoms with Crippen LogP contribution < -0.4 is 20.0 Å². The van der Waals surface area contributed by atoms with Crippen molar-refractivity contribution >= 4 is 38.9 Å². The van der Waals surface area contributed by atoms with E-state index in [0.29, 0.717) is 57.1 Å². The number of aromatic nitrogens is 1. The molecule has 1 aromatic heterocycles. The Morgan fingerprint density at radius 1 is 0.805 bits per heavy atom. The van der Waals surface area contributed by atoms with Crippen LogP contribution in [0, 0.1) is 23.7 Å². The number of piperazine rings is 1. The SMILES string of the molecule is O=C(NC1C2CC3CC(C2)CC1C3)N1CCN(c2ccc(N3CCN(S(=O)(=O)C4CC4)CC3)cn2)c2ccccc21. The van der Waals surface area contributed by atoms with Crippen LogP contribution in [0.5, 0.6) is 0 Å². The second-order valence-electron chi connectivity index (χ2n) is 13.2. The number of carbonyl (C=O) groups is 1. The van der Waals surface area contributed by atoms with Crippen LogP contribution in [-0.4, -0.2) is 74.3 Å². The average molecular weight is 577 g/mol. The lowest BCUT2D eigenvalue weighted by Gasteiger charge is -2.54. The van der Waals surface area contributed by atoms with Crippen LogP contribution in [0.2, 0.25) is 0 Å². The number of sulfonamides is 1. The standard InChI is InChI=1S/C31H40N6O3S/c38-31(33-30-23-16-21-15-22(18-23)19-24(30)17-21)37-14-13-36(27-3-1-2-4-28(27)37)29-8-5-25(20-32-29)34-9-11-35(12-10-34)41(39,40)26-6-7-26/h1-5,8,20-24,26,30H,6-7,9-19H2,(H,33,38). The molecule has 2 aliphatic heterocycles. The van der Waals surface area contributed by atoms with Crippen LogP contribution in [0.25, 0.3) is 0 Å². The fourth-order valence-electron chi connectivity index (χ4n) is 8.69. The summed E-state index contributed by atoms with van der Waals surface area (Å²) in [5.41, 5.74) is 2.94. The first-order valence-corrected chi connectivity index (χ1v) is 17.1. The van der Waals surface area contributed by atoms with Gasteiger partial charge in [-0.05, 0) is 92.9 Å². The van der Waals surface area contributed by atoms with Crippen LogP contribution in [-0.2, 0) is 10.0 Å². The molecule has 0 atom stereocenters. The lowest BCUT2D eigenvalue weighted by atomic mass is 9.54. The maximum atomic E-state index is 13.7. The minimum absolute atomic E-state index is 0.0423. The monoisotopic (exact) mass is 576 g/mol. The van der Waals surface area contributed by atoms with Crippen LogP contribution in [0.15, 0.2) is 42.6 Å². The highest BCUT2D eigenvalue weighted by molar-refractivity contribution is 7.90. The quantitative estimate of drug-likeness (QED) is 0.575. The van der Waals surface area contributed by atoms with Gasteiger partial charge in [0.05, 0.1) is 28.5 Å². The van der Waals surface area contributed by atoms with Gasteiger partial charge in [-0.25, -0.2) is 18.2 Å². The number of carbonyl (C=O) groups excluding carboxylic acids is 1. The number of nitrogens with zero attached hydrogens (tertiary/aromatic N) is 5. The third-order valence-corrected chi connectivity index (χ3v) is 13.1. The topological polar surface area (TPSA) is 89.1 Å². The van der Waals surface area contributed by atoms with E-state index in [1.54, 1.807) is 4.31 Å². The van der Waals surface area contributed by atoms with Crippen LogP contribution in [0.1, 0.15) is 44.9 Å². The van der Waals surface area contributed by atoms with Crippen molar-refractivity contribution in [1.82, 2.24) is 14.6 Å². The van der Waals surface area contributed by atoms with Crippen molar-refractivity contribution in [2.75, 3.05) is 54.0 Å². The number of nitrogens with one attached hydrogen (secondary N) is 1. The summed E-state index contributed by atoms with van der Waals surface area (Å²) in [6.45, 7) is 3.69. The predicted molar refractivity (Wildman–Crippen MR) is 160 cm³/mol. The smallest absolute Gasteiger partial charge is 0.322 e. The van der Waals surface area contributed by atoms with Gasteiger partial charge in [-0.15, -0.1) is 0 Å². The van der Waals surface area contributed by atoms with E-state index in [1.807, 2.05) is 35.4 Å². The van der Waals surface area contributed by atoms with E-state index in [2.05, 4.69) is 27.2 Å². The number of rotatable bonds is 5. The molecule has 10 heteroatoms. The summed E-state index contributed by atoms with van der Waals surface area (Å²) in [7, 11) is -3.12. The van der Waals surface area contributed by atoms with Gasteiger partial charge in [0.15, 0.2) is 0 Å². The van der Waals surface area contributed by atoms with Gasteiger partial charge in [-0.3, -0.25) is 4.90 Å². The number of fused-ring (bicyclic) bond motifs is 1. The van der Waals surface area contributed by atoms with E-state index in [1.165, 1.54) is 32.1 Å². The first-order valence-electron chi connectivity index (χ1n) is 15.6. The van der Waals surface area contributed by atoms with Crippen molar-refractivity contribution in [3.05, 3.63) is 42.6 Å². The second kappa shape index (κ2) is 9.87. The molecule has 2 aromatic rings. The van der Waals surface area contributed by atoms with Crippen LogP contribution in [0.4, 0.5) is 27.7 Å². The van der Waals surface area contributed by atoms with Gasteiger partial charge in [0, 0.05) is 45.3 Å². The Labute approximate surface area is 242 Å². The third kappa shape index (κ3) is 4.58. The maximum Gasteiger partial charge on any atom is 0.322 e. The van der Waals surface area contributed by atoms with Crippen LogP contribution >= 0.6 is 0 Å². The number of anilines is 4. The molecule has 218 valence electrons. The number of para-hydroxylation sites is 2. The summed E-state index contributed by atoms with van der Waals surface area (Å²) in [6.07, 6.45) is 10.1. The van der Waals surface area contributed by atoms with Gasteiger partial charge >= 0.3 is 6.03 Å². The Bertz CT molecular complexity index is 1390. The van der Waals surface area contributed by atoms with Gasteiger partial charge in [0.2, 0.25) is 10.0 Å². The Morgan fingerprint density at radius 3 is 2.12 bits per heavy atom. The molecule has 6 fully saturated rings. The lowest BCUT2D eigenvalue weighted by molar-refractivity contribution is -0.00911. The van der Waals surface area contributed by atoms with Gasteiger partial charge in [-0.1, -0.05) is 12.1 Å². The summed E-state index contributed by atoms with van der Waals surface area (Å²) in [4.78, 5) is 24.9. The largest absolute Gasteiger partial charge is 0.368 e. The molecule has 1 N–H and O–H groups in total. The number of hydrogen-bond acceptors (Lipinski definition) is 6. The molecule has 1 saturated heterocycles.